The van der Waals surface area contributed by atoms with Crippen LogP contribution in [0.1, 0.15) is 44.1 Å². The summed E-state index contributed by atoms with van der Waals surface area (Å²) in [6, 6.07) is 7.47. The van der Waals surface area contributed by atoms with E-state index in [1.165, 1.54) is 6.42 Å². The Hall–Kier alpha value is -2.70. The van der Waals surface area contributed by atoms with Crippen LogP contribution in [0.25, 0.3) is 0 Å². The molecule has 26 heavy (non-hydrogen) atoms. The van der Waals surface area contributed by atoms with Gasteiger partial charge in [-0.15, -0.1) is 0 Å². The smallest absolute Gasteiger partial charge is 0.426 e. The first-order chi connectivity index (χ1) is 12.6. The van der Waals surface area contributed by atoms with Gasteiger partial charge in [-0.3, -0.25) is 4.79 Å². The topological polar surface area (TPSA) is 88.7 Å². The van der Waals surface area contributed by atoms with Crippen molar-refractivity contribution in [2.45, 2.75) is 51.2 Å². The number of benzene rings is 1. The molecule has 142 valence electrons. The van der Waals surface area contributed by atoms with Crippen LogP contribution in [-0.4, -0.2) is 25.2 Å². The van der Waals surface area contributed by atoms with Crippen LogP contribution < -0.4 is 20.9 Å². The van der Waals surface area contributed by atoms with Gasteiger partial charge in [0.05, 0.1) is 13.5 Å². The lowest BCUT2D eigenvalue weighted by atomic mass is 9.95. The fraction of sp³-hybridized carbons (Fsp3) is 0.474. The molecular weight excluding hydrogens is 334 g/mol. The minimum atomic E-state index is -0.644. The van der Waals surface area contributed by atoms with E-state index >= 15 is 0 Å². The normalized spacial score (nSPS) is 14.2. The van der Waals surface area contributed by atoms with Crippen LogP contribution in [0.2, 0.25) is 0 Å². The maximum Gasteiger partial charge on any atom is 0.426 e. The monoisotopic (exact) mass is 361 g/mol. The summed E-state index contributed by atoms with van der Waals surface area (Å²) in [6.07, 6.45) is 5.08. The summed E-state index contributed by atoms with van der Waals surface area (Å²) >= 11 is 0. The van der Waals surface area contributed by atoms with Gasteiger partial charge in [0.15, 0.2) is 0 Å². The van der Waals surface area contributed by atoms with E-state index in [0.717, 1.165) is 37.0 Å². The van der Waals surface area contributed by atoms with Crippen molar-refractivity contribution in [2.24, 2.45) is 0 Å². The zero-order valence-electron chi connectivity index (χ0n) is 15.2. The zero-order valence-corrected chi connectivity index (χ0v) is 15.2. The van der Waals surface area contributed by atoms with Gasteiger partial charge in [-0.1, -0.05) is 38.0 Å². The molecule has 1 aromatic carbocycles. The summed E-state index contributed by atoms with van der Waals surface area (Å²) in [5, 5.41) is 3.00. The number of nitrogens with one attached hydrogen (secondary N) is 3. The molecule has 1 saturated carbocycles. The second-order valence-corrected chi connectivity index (χ2v) is 6.36. The molecule has 2 rings (SSSR count). The first kappa shape index (κ1) is 19.6. The molecule has 0 unspecified atom stereocenters. The van der Waals surface area contributed by atoms with Gasteiger partial charge >= 0.3 is 6.09 Å². The molecule has 1 aromatic rings. The van der Waals surface area contributed by atoms with Crippen LogP contribution in [0.5, 0.6) is 5.75 Å². The molecule has 1 aliphatic rings. The van der Waals surface area contributed by atoms with Crippen LogP contribution >= 0.6 is 0 Å². The largest absolute Gasteiger partial charge is 0.497 e. The molecule has 0 heterocycles. The van der Waals surface area contributed by atoms with Crippen molar-refractivity contribution < 1.29 is 19.1 Å². The summed E-state index contributed by atoms with van der Waals surface area (Å²) in [7, 11) is 1.59. The highest BCUT2D eigenvalue weighted by atomic mass is 16.6. The van der Waals surface area contributed by atoms with E-state index in [1.54, 1.807) is 19.2 Å². The molecule has 0 aliphatic heterocycles. The van der Waals surface area contributed by atoms with Gasteiger partial charge in [0.1, 0.15) is 12.4 Å². The van der Waals surface area contributed by atoms with E-state index in [1.807, 2.05) is 12.1 Å². The van der Waals surface area contributed by atoms with Crippen molar-refractivity contribution >= 4 is 12.0 Å². The summed E-state index contributed by atoms with van der Waals surface area (Å²) in [4.78, 5) is 23.6. The lowest BCUT2D eigenvalue weighted by Crippen LogP contribution is -2.40. The molecule has 0 aromatic heterocycles. The van der Waals surface area contributed by atoms with Crippen molar-refractivity contribution in [1.82, 2.24) is 16.2 Å². The number of hydrogen-bond donors (Lipinski definition) is 3. The minimum absolute atomic E-state index is 0.0946. The highest BCUT2D eigenvalue weighted by Crippen LogP contribution is 2.17. The number of hydrogen-bond acceptors (Lipinski definition) is 5. The molecule has 1 aliphatic carbocycles. The molecule has 0 atom stereocenters. The van der Waals surface area contributed by atoms with Crippen LogP contribution in [0.4, 0.5) is 4.79 Å². The van der Waals surface area contributed by atoms with Gasteiger partial charge in [-0.05, 0) is 30.5 Å². The van der Waals surface area contributed by atoms with E-state index in [0.29, 0.717) is 5.70 Å². The van der Waals surface area contributed by atoms with Crippen LogP contribution in [0, 0.1) is 0 Å². The molecule has 0 radical (unpaired) electrons. The summed E-state index contributed by atoms with van der Waals surface area (Å²) < 4.78 is 10.2. The average molecular weight is 361 g/mol. The maximum absolute atomic E-state index is 12.0. The fourth-order valence-corrected chi connectivity index (χ4v) is 2.81. The molecule has 7 heteroatoms. The van der Waals surface area contributed by atoms with Gasteiger partial charge in [0.25, 0.3) is 0 Å². The van der Waals surface area contributed by atoms with Gasteiger partial charge in [-0.25, -0.2) is 10.2 Å². The van der Waals surface area contributed by atoms with Crippen LogP contribution in [-0.2, 0) is 16.1 Å². The Balaban J connectivity index is 1.61. The van der Waals surface area contributed by atoms with E-state index in [9.17, 15) is 9.59 Å². The molecule has 0 spiro atoms. The highest BCUT2D eigenvalue weighted by molar-refractivity contribution is 5.78. The lowest BCUT2D eigenvalue weighted by Gasteiger charge is -2.23. The Morgan fingerprint density at radius 1 is 1.12 bits per heavy atom. The summed E-state index contributed by atoms with van der Waals surface area (Å²) in [6.45, 7) is 3.87. The number of methoxy groups -OCH3 is 1. The predicted octanol–water partition coefficient (Wildman–Crippen LogP) is 2.78. The van der Waals surface area contributed by atoms with Crippen molar-refractivity contribution in [3.05, 3.63) is 42.1 Å². The average Bonchev–Trinajstić information content (AvgIpc) is 2.65. The van der Waals surface area contributed by atoms with Gasteiger partial charge in [-0.2, -0.15) is 0 Å². The fourth-order valence-electron chi connectivity index (χ4n) is 2.81. The Kier molecular flexibility index (Phi) is 7.79. The first-order valence-corrected chi connectivity index (χ1v) is 8.85. The first-order valence-electron chi connectivity index (χ1n) is 8.85. The Labute approximate surface area is 154 Å². The predicted molar refractivity (Wildman–Crippen MR) is 98.2 cm³/mol. The maximum atomic E-state index is 12.0. The van der Waals surface area contributed by atoms with Crippen LogP contribution in [0.15, 0.2) is 36.5 Å². The molecule has 1 fully saturated rings. The third-order valence-electron chi connectivity index (χ3n) is 4.21. The third-order valence-corrected chi connectivity index (χ3v) is 4.21. The van der Waals surface area contributed by atoms with Gasteiger partial charge in [0, 0.05) is 11.7 Å². The second kappa shape index (κ2) is 10.3. The van der Waals surface area contributed by atoms with E-state index in [-0.39, 0.29) is 25.0 Å². The molecular formula is C19H27N3O4. The molecule has 0 saturated heterocycles. The van der Waals surface area contributed by atoms with Crippen molar-refractivity contribution in [2.75, 3.05) is 7.11 Å². The van der Waals surface area contributed by atoms with E-state index in [4.69, 9.17) is 9.47 Å². The van der Waals surface area contributed by atoms with E-state index in [2.05, 4.69) is 22.7 Å². The summed E-state index contributed by atoms with van der Waals surface area (Å²) in [5.41, 5.74) is 6.22. The highest BCUT2D eigenvalue weighted by Gasteiger charge is 2.16. The zero-order chi connectivity index (χ0) is 18.8. The van der Waals surface area contributed by atoms with Gasteiger partial charge in [0.2, 0.25) is 5.91 Å². The summed E-state index contributed by atoms with van der Waals surface area (Å²) in [5.74, 6) is 0.644. The molecule has 0 bridgehead atoms. The second-order valence-electron chi connectivity index (χ2n) is 6.36. The quantitative estimate of drug-likeness (QED) is 0.620. The SMILES string of the molecule is C=C(CC(=O)NC1CCCCC1)NNC(=O)OCc1ccc(OC)cc1. The minimum Gasteiger partial charge on any atom is -0.497 e. The number of hydrazine groups is 1. The lowest BCUT2D eigenvalue weighted by molar-refractivity contribution is -0.121. The van der Waals surface area contributed by atoms with Crippen molar-refractivity contribution in [1.29, 1.82) is 0 Å². The number of ether oxygens (including phenoxy) is 2. The number of amides is 2. The third kappa shape index (κ3) is 7.04. The van der Waals surface area contributed by atoms with Crippen molar-refractivity contribution in [3.8, 4) is 5.75 Å². The molecule has 7 nitrogen and oxygen atoms in total. The number of carbonyl (C=O) groups is 2. The Morgan fingerprint density at radius 2 is 1.81 bits per heavy atom. The standard InChI is InChI=1S/C19H27N3O4/c1-14(12-18(23)20-16-6-4-3-5-7-16)21-22-19(24)26-13-15-8-10-17(25-2)11-9-15/h8-11,16,21H,1,3-7,12-13H2,2H3,(H,20,23)(H,22,24). The molecule has 2 amide bonds. The van der Waals surface area contributed by atoms with E-state index < -0.39 is 6.09 Å². The Morgan fingerprint density at radius 3 is 2.46 bits per heavy atom. The van der Waals surface area contributed by atoms with Gasteiger partial charge < -0.3 is 20.2 Å². The van der Waals surface area contributed by atoms with Crippen LogP contribution in [0.3, 0.4) is 0 Å². The van der Waals surface area contributed by atoms with Crippen molar-refractivity contribution in [3.63, 3.8) is 0 Å². The number of rotatable bonds is 8. The Bertz CT molecular complexity index is 610. The number of carbonyl (C=O) groups excluding carboxylic acids is 2. The molecule has 3 N–H and O–H groups in total.